The van der Waals surface area contributed by atoms with Crippen LogP contribution in [0.25, 0.3) is 106 Å². The van der Waals surface area contributed by atoms with Crippen molar-refractivity contribution in [2.24, 2.45) is 0 Å². The number of aromatic nitrogens is 3. The van der Waals surface area contributed by atoms with Gasteiger partial charge in [-0.25, -0.2) is 9.97 Å². The van der Waals surface area contributed by atoms with Gasteiger partial charge in [0.1, 0.15) is 0 Å². The van der Waals surface area contributed by atoms with Crippen LogP contribution in [0.5, 0.6) is 0 Å². The molecule has 75 heavy (non-hydrogen) atoms. The van der Waals surface area contributed by atoms with Gasteiger partial charge in [0.15, 0.2) is 5.82 Å². The summed E-state index contributed by atoms with van der Waals surface area (Å²) in [4.78, 5) is 10.2. The molecule has 0 saturated carbocycles. The van der Waals surface area contributed by atoms with E-state index < -0.39 is 23.5 Å². The van der Waals surface area contributed by atoms with Crippen LogP contribution in [0.4, 0.5) is 26.3 Å². The van der Waals surface area contributed by atoms with E-state index in [2.05, 4.69) is 77.9 Å². The molecule has 11 aromatic rings. The Kier molecular flexibility index (Phi) is 12.2. The predicted molar refractivity (Wildman–Crippen MR) is 293 cm³/mol. The maximum absolute atomic E-state index is 14.9. The molecule has 3 nitrogen and oxygen atoms in total. The predicted octanol–water partition coefficient (Wildman–Crippen LogP) is 19.1. The molecule has 0 aliphatic heterocycles. The van der Waals surface area contributed by atoms with Gasteiger partial charge in [0, 0.05) is 38.6 Å². The summed E-state index contributed by atoms with van der Waals surface area (Å²) in [6.07, 6.45) is -9.43. The lowest BCUT2D eigenvalue weighted by molar-refractivity contribution is -0.138. The monoisotopic (exact) mass is 997 g/mol. The smallest absolute Gasteiger partial charge is 0.308 e. The number of halogens is 6. The van der Waals surface area contributed by atoms with Crippen LogP contribution in [0.2, 0.25) is 0 Å². The highest BCUT2D eigenvalue weighted by Gasteiger charge is 2.33. The first kappa shape index (κ1) is 48.7. The quantitative estimate of drug-likeness (QED) is 0.142. The van der Waals surface area contributed by atoms with Crippen molar-refractivity contribution in [3.05, 3.63) is 233 Å². The van der Waals surface area contributed by atoms with Gasteiger partial charge in [-0.3, -0.25) is 0 Å². The summed E-state index contributed by atoms with van der Waals surface area (Å²) in [5.41, 5.74) is 15.0. The normalized spacial score (nSPS) is 12.0. The van der Waals surface area contributed by atoms with Crippen molar-refractivity contribution in [3.8, 4) is 84.1 Å². The van der Waals surface area contributed by atoms with Gasteiger partial charge in [0.05, 0.1) is 39.2 Å². The summed E-state index contributed by atoms with van der Waals surface area (Å²) >= 11 is 0. The van der Waals surface area contributed by atoms with E-state index >= 15 is 0 Å². The Morgan fingerprint density at radius 1 is 0.347 bits per heavy atom. The van der Waals surface area contributed by atoms with Crippen LogP contribution in [0.15, 0.2) is 188 Å². The molecule has 0 aliphatic rings. The molecule has 0 unspecified atom stereocenters. The summed E-state index contributed by atoms with van der Waals surface area (Å²) in [5, 5.41) is 1.71. The number of hydrogen-bond acceptors (Lipinski definition) is 2. The maximum Gasteiger partial charge on any atom is 0.416 e. The lowest BCUT2D eigenvalue weighted by Crippen LogP contribution is -2.07. The number of alkyl halides is 6. The largest absolute Gasteiger partial charge is 0.416 e. The Bertz CT molecular complexity index is 3740. The molecule has 0 atom stereocenters. The molecule has 0 N–H and O–H groups in total. The van der Waals surface area contributed by atoms with E-state index in [4.69, 9.17) is 9.97 Å². The Morgan fingerprint density at radius 2 is 0.733 bits per heavy atom. The lowest BCUT2D eigenvalue weighted by Gasteiger charge is -2.22. The van der Waals surface area contributed by atoms with Gasteiger partial charge in [0.25, 0.3) is 0 Å². The Hall–Kier alpha value is -8.56. The van der Waals surface area contributed by atoms with Gasteiger partial charge in [0.2, 0.25) is 0 Å². The minimum atomic E-state index is -4.71. The van der Waals surface area contributed by atoms with Crippen molar-refractivity contribution in [1.82, 2.24) is 14.5 Å². The number of fused-ring (bicyclic) bond motifs is 3. The van der Waals surface area contributed by atoms with Crippen molar-refractivity contribution < 1.29 is 26.3 Å². The fraction of sp³-hybridized carbons (Fsp3) is 0.121. The van der Waals surface area contributed by atoms with Gasteiger partial charge in [-0.1, -0.05) is 132 Å². The number of aryl methyl sites for hydroxylation is 6. The highest BCUT2D eigenvalue weighted by Crippen LogP contribution is 2.47. The molecule has 370 valence electrons. The Labute approximate surface area is 431 Å². The zero-order chi connectivity index (χ0) is 52.5. The fourth-order valence-corrected chi connectivity index (χ4v) is 11.1. The minimum Gasteiger partial charge on any atom is -0.308 e. The average molecular weight is 998 g/mol. The van der Waals surface area contributed by atoms with Gasteiger partial charge in [-0.15, -0.1) is 0 Å². The van der Waals surface area contributed by atoms with E-state index in [1.807, 2.05) is 95.6 Å². The molecule has 0 aliphatic carbocycles. The summed E-state index contributed by atoms with van der Waals surface area (Å²) in [7, 11) is 0. The molecular formula is C66H49F6N3. The van der Waals surface area contributed by atoms with Gasteiger partial charge >= 0.3 is 12.4 Å². The molecular weight excluding hydrogens is 949 g/mol. The van der Waals surface area contributed by atoms with E-state index in [1.54, 1.807) is 24.3 Å². The second kappa shape index (κ2) is 18.7. The number of rotatable bonds is 8. The zero-order valence-corrected chi connectivity index (χ0v) is 42.0. The number of nitrogens with zero attached hydrogens (tertiary/aromatic N) is 3. The first-order valence-electron chi connectivity index (χ1n) is 24.7. The molecule has 0 bridgehead atoms. The average Bonchev–Trinajstić information content (AvgIpc) is 3.70. The van der Waals surface area contributed by atoms with Crippen molar-refractivity contribution in [2.45, 2.75) is 53.9 Å². The lowest BCUT2D eigenvalue weighted by atomic mass is 9.91. The summed E-state index contributed by atoms with van der Waals surface area (Å²) in [6.45, 7) is 12.5. The van der Waals surface area contributed by atoms with Crippen LogP contribution in [-0.2, 0) is 12.4 Å². The van der Waals surface area contributed by atoms with Crippen molar-refractivity contribution in [2.75, 3.05) is 0 Å². The first-order chi connectivity index (χ1) is 35.9. The summed E-state index contributed by atoms with van der Waals surface area (Å²) < 4.78 is 91.5. The first-order valence-corrected chi connectivity index (χ1v) is 24.7. The third-order valence-corrected chi connectivity index (χ3v) is 14.2. The highest BCUT2D eigenvalue weighted by atomic mass is 19.4. The van der Waals surface area contributed by atoms with Crippen LogP contribution < -0.4 is 0 Å². The third-order valence-electron chi connectivity index (χ3n) is 14.2. The second-order valence-electron chi connectivity index (χ2n) is 19.6. The topological polar surface area (TPSA) is 30.7 Å². The number of hydrogen-bond donors (Lipinski definition) is 0. The van der Waals surface area contributed by atoms with Crippen LogP contribution in [-0.4, -0.2) is 14.5 Å². The molecule has 0 amide bonds. The van der Waals surface area contributed by atoms with E-state index in [1.165, 1.54) is 12.1 Å². The zero-order valence-electron chi connectivity index (χ0n) is 42.0. The molecule has 9 heteroatoms. The standard InChI is InChI=1S/C66H49F6N3/c1-38-27-40(3)61(41(4)28-38)48-23-25-59-55(33-48)56-34-49(62-42(5)29-39(2)30-43(62)6)24-26-60(56)75(59)63-53(46-19-13-21-51(31-46)65(67,68)69)35-50(36-54(63)47-20-14-22-52(32-47)66(70,71)72)64-73-57(44-15-9-7-10-16-44)37-58(74-64)45-17-11-8-12-18-45/h7-37H,1-6H3. The van der Waals surface area contributed by atoms with E-state index in [0.717, 1.165) is 102 Å². The van der Waals surface area contributed by atoms with Crippen molar-refractivity contribution in [3.63, 3.8) is 0 Å². The highest BCUT2D eigenvalue weighted by molar-refractivity contribution is 6.13. The van der Waals surface area contributed by atoms with Crippen LogP contribution in [0.3, 0.4) is 0 Å². The molecule has 2 aromatic heterocycles. The van der Waals surface area contributed by atoms with Crippen molar-refractivity contribution >= 4 is 21.8 Å². The second-order valence-corrected chi connectivity index (χ2v) is 19.6. The molecule has 9 aromatic carbocycles. The van der Waals surface area contributed by atoms with Crippen molar-refractivity contribution in [1.29, 1.82) is 0 Å². The van der Waals surface area contributed by atoms with E-state index in [-0.39, 0.29) is 17.0 Å². The molecule has 2 heterocycles. The van der Waals surface area contributed by atoms with Gasteiger partial charge < -0.3 is 4.57 Å². The van der Waals surface area contributed by atoms with Crippen LogP contribution in [0.1, 0.15) is 44.5 Å². The van der Waals surface area contributed by atoms with Gasteiger partial charge in [-0.05, 0) is 164 Å². The maximum atomic E-state index is 14.9. The molecule has 0 radical (unpaired) electrons. The van der Waals surface area contributed by atoms with Crippen LogP contribution >= 0.6 is 0 Å². The molecule has 11 rings (SSSR count). The third kappa shape index (κ3) is 9.17. The number of benzene rings is 9. The molecule has 0 fully saturated rings. The Morgan fingerprint density at radius 3 is 1.12 bits per heavy atom. The van der Waals surface area contributed by atoms with E-state index in [9.17, 15) is 26.3 Å². The fourth-order valence-electron chi connectivity index (χ4n) is 11.1. The van der Waals surface area contributed by atoms with E-state index in [0.29, 0.717) is 44.8 Å². The van der Waals surface area contributed by atoms with Crippen LogP contribution in [0, 0.1) is 41.5 Å². The SMILES string of the molecule is Cc1cc(C)c(-c2ccc3c(c2)c2cc(-c4c(C)cc(C)cc4C)ccc2n3-c2c(-c3cccc(C(F)(F)F)c3)cc(-c3nc(-c4ccccc4)cc(-c4ccccc4)n3)cc2-c2cccc(C(F)(F)F)c2)c(C)c1. The Balaban J connectivity index is 1.30. The summed E-state index contributed by atoms with van der Waals surface area (Å²) in [6, 6.07) is 55.8. The molecule has 0 spiro atoms. The molecule has 0 saturated heterocycles. The van der Waals surface area contributed by atoms with Gasteiger partial charge in [-0.2, -0.15) is 26.3 Å². The minimum absolute atomic E-state index is 0.192. The summed E-state index contributed by atoms with van der Waals surface area (Å²) in [5.74, 6) is 0.229.